The number of nitrogens with two attached hydrogens (primary N) is 1. The Morgan fingerprint density at radius 3 is 1.39 bits per heavy atom. The number of aromatic amines is 2. The zero-order valence-electron chi connectivity index (χ0n) is 42.7. The molecule has 0 saturated carbocycles. The van der Waals surface area contributed by atoms with Crippen LogP contribution in [-0.2, 0) is 18.3 Å². The van der Waals surface area contributed by atoms with Crippen molar-refractivity contribution >= 4 is 50.6 Å². The van der Waals surface area contributed by atoms with Crippen LogP contribution in [0.5, 0.6) is 0 Å². The van der Waals surface area contributed by atoms with Gasteiger partial charge in [0.1, 0.15) is 11.2 Å². The number of likely N-dealkylation sites (tertiary alicyclic amines) is 2. The molecular weight excluding hydrogens is 869 g/mol. The number of carbonyl (C=O) groups excluding carboxylic acids is 2. The zero-order chi connectivity index (χ0) is 49.4. The third-order valence-electron chi connectivity index (χ3n) is 14.0. The molecular formula is C50H80N6O8Si2. The number of nitro groups is 1. The lowest BCUT2D eigenvalue weighted by Gasteiger charge is -2.42. The van der Waals surface area contributed by atoms with Gasteiger partial charge < -0.3 is 43.8 Å². The number of fused-ring (bicyclic) bond motifs is 2. The van der Waals surface area contributed by atoms with E-state index in [9.17, 15) is 19.7 Å². The number of benzene rings is 2. The van der Waals surface area contributed by atoms with Crippen LogP contribution < -0.4 is 5.73 Å². The fourth-order valence-electron chi connectivity index (χ4n) is 8.76. The molecule has 0 unspecified atom stereocenters. The van der Waals surface area contributed by atoms with Crippen molar-refractivity contribution in [3.05, 3.63) is 82.2 Å². The van der Waals surface area contributed by atoms with E-state index >= 15 is 0 Å². The molecule has 366 valence electrons. The second-order valence-electron chi connectivity index (χ2n) is 23.3. The summed E-state index contributed by atoms with van der Waals surface area (Å²) in [6.07, 6.45) is 4.15. The summed E-state index contributed by atoms with van der Waals surface area (Å²) in [5, 5.41) is 14.0. The molecule has 6 rings (SSSR count). The van der Waals surface area contributed by atoms with Crippen LogP contribution >= 0.6 is 0 Å². The Bertz CT molecular complexity index is 2300. The number of rotatable bonds is 11. The lowest BCUT2D eigenvalue weighted by atomic mass is 9.88. The van der Waals surface area contributed by atoms with Gasteiger partial charge in [0.25, 0.3) is 0 Å². The van der Waals surface area contributed by atoms with Gasteiger partial charge in [-0.15, -0.1) is 0 Å². The summed E-state index contributed by atoms with van der Waals surface area (Å²) in [7, 11) is -4.25. The van der Waals surface area contributed by atoms with Gasteiger partial charge in [-0.2, -0.15) is 0 Å². The highest BCUT2D eigenvalue weighted by atomic mass is 28.4. The molecule has 4 heterocycles. The van der Waals surface area contributed by atoms with Crippen LogP contribution in [0, 0.1) is 10.1 Å². The molecule has 0 spiro atoms. The van der Waals surface area contributed by atoms with Gasteiger partial charge in [0.15, 0.2) is 16.6 Å². The van der Waals surface area contributed by atoms with Crippen molar-refractivity contribution in [3.8, 4) is 0 Å². The minimum absolute atomic E-state index is 0.0315. The molecule has 14 nitrogen and oxygen atoms in total. The molecule has 6 atom stereocenters. The van der Waals surface area contributed by atoms with Gasteiger partial charge >= 0.3 is 12.2 Å². The van der Waals surface area contributed by atoms with E-state index in [0.717, 1.165) is 39.4 Å². The van der Waals surface area contributed by atoms with Crippen LogP contribution in [0.2, 0.25) is 36.3 Å². The van der Waals surface area contributed by atoms with Gasteiger partial charge in [-0.3, -0.25) is 10.1 Å². The lowest BCUT2D eigenvalue weighted by Crippen LogP contribution is -2.52. The molecule has 2 aliphatic rings. The molecule has 2 saturated heterocycles. The van der Waals surface area contributed by atoms with E-state index < -0.39 is 45.9 Å². The normalized spacial score (nSPS) is 20.9. The molecule has 0 radical (unpaired) electrons. The number of H-pyrrole nitrogens is 2. The topological polar surface area (TPSA) is 178 Å². The smallest absolute Gasteiger partial charge is 0.410 e. The van der Waals surface area contributed by atoms with Gasteiger partial charge in [-0.25, -0.2) is 9.59 Å². The van der Waals surface area contributed by atoms with Crippen LogP contribution in [0.3, 0.4) is 0 Å². The predicted molar refractivity (Wildman–Crippen MR) is 270 cm³/mol. The molecule has 0 bridgehead atoms. The molecule has 16 heteroatoms. The SMILES string of the molecule is CC(C)(C)OC(=O)N1CC[C@H](O[Si](C)(C)C(C)(C)C)[C@H]1[C@@H](CN)c1c[nH]c2ccccc12.CC(C)(C)OC(=O)N1CC[C@H](O[Si](C)(C)C(C)(C)C)[C@H]1[C@@H](C[N+](=O)[O-])c1c[nH]c2ccccc12. The second-order valence-corrected chi connectivity index (χ2v) is 32.8. The molecule has 66 heavy (non-hydrogen) atoms. The standard InChI is InChI=1S/C25H39N3O5Si.C25H41N3O3Si/c1-24(2,3)32-23(29)27-14-13-21(33-34(7,8)25(4,5)6)22(27)19(16-28(30)31)18-15-26-20-12-10-9-11-17(18)20;1-24(2,3)30-23(29)28-14-13-21(31-32(7,8)25(4,5)6)22(28)18(15-26)19-16-27-20-12-10-9-11-17(19)20/h9-12,15,19,21-22,26H,13-14,16H2,1-8H3;9-12,16,18,21-22,27H,13-15,26H2,1-8H3/t19-,21-,22+;18-,21-,22+/m00/s1. The summed E-state index contributed by atoms with van der Waals surface area (Å²) in [5.41, 5.74) is 9.12. The van der Waals surface area contributed by atoms with E-state index in [0.29, 0.717) is 26.1 Å². The van der Waals surface area contributed by atoms with Crippen molar-refractivity contribution in [2.75, 3.05) is 26.2 Å². The van der Waals surface area contributed by atoms with E-state index in [4.69, 9.17) is 24.1 Å². The minimum Gasteiger partial charge on any atom is -0.444 e. The highest BCUT2D eigenvalue weighted by Gasteiger charge is 2.51. The lowest BCUT2D eigenvalue weighted by molar-refractivity contribution is -0.484. The molecule has 2 aliphatic heterocycles. The Balaban J connectivity index is 0.000000248. The molecule has 4 N–H and O–H groups in total. The molecule has 2 aromatic heterocycles. The summed E-state index contributed by atoms with van der Waals surface area (Å²) in [5.74, 6) is -0.605. The summed E-state index contributed by atoms with van der Waals surface area (Å²) in [6, 6.07) is 15.3. The van der Waals surface area contributed by atoms with E-state index in [-0.39, 0.29) is 51.8 Å². The number of ether oxygens (including phenoxy) is 2. The third-order valence-corrected chi connectivity index (χ3v) is 23.0. The van der Waals surface area contributed by atoms with Crippen molar-refractivity contribution in [1.29, 1.82) is 0 Å². The van der Waals surface area contributed by atoms with Gasteiger partial charge in [0.2, 0.25) is 6.54 Å². The number of aromatic nitrogens is 2. The van der Waals surface area contributed by atoms with Crippen molar-refractivity contribution in [3.63, 3.8) is 0 Å². The second kappa shape index (κ2) is 19.8. The molecule has 4 aromatic rings. The Labute approximate surface area is 395 Å². The van der Waals surface area contributed by atoms with E-state index in [1.165, 1.54) is 0 Å². The van der Waals surface area contributed by atoms with Crippen molar-refractivity contribution in [2.24, 2.45) is 5.73 Å². The number of para-hydroxylation sites is 2. The fourth-order valence-corrected chi connectivity index (χ4v) is 11.5. The maximum atomic E-state index is 13.3. The first kappa shape index (κ1) is 52.7. The first-order valence-electron chi connectivity index (χ1n) is 23.6. The highest BCUT2D eigenvalue weighted by molar-refractivity contribution is 6.74. The number of nitrogens with one attached hydrogen (secondary N) is 2. The molecule has 2 fully saturated rings. The van der Waals surface area contributed by atoms with Crippen molar-refractivity contribution < 1.29 is 32.8 Å². The van der Waals surface area contributed by atoms with E-state index in [1.54, 1.807) is 4.90 Å². The Morgan fingerprint density at radius 2 is 1.05 bits per heavy atom. The van der Waals surface area contributed by atoms with Crippen LogP contribution in [0.4, 0.5) is 9.59 Å². The van der Waals surface area contributed by atoms with E-state index in [1.807, 2.05) is 95.2 Å². The van der Waals surface area contributed by atoms with Gasteiger partial charge in [-0.05, 0) is 114 Å². The summed E-state index contributed by atoms with van der Waals surface area (Å²) < 4.78 is 25.2. The number of nitrogens with zero attached hydrogens (tertiary/aromatic N) is 3. The molecule has 0 aliphatic carbocycles. The average Bonchev–Trinajstić information content (AvgIpc) is 3.98. The van der Waals surface area contributed by atoms with Gasteiger partial charge in [0, 0.05) is 64.7 Å². The third kappa shape index (κ3) is 12.3. The minimum atomic E-state index is -2.20. The van der Waals surface area contributed by atoms with Crippen LogP contribution in [0.1, 0.15) is 119 Å². The number of hydrogen-bond donors (Lipinski definition) is 3. The molecule has 2 amide bonds. The highest BCUT2D eigenvalue weighted by Crippen LogP contribution is 2.45. The number of carbonyl (C=O) groups is 2. The Kier molecular flexibility index (Phi) is 15.8. The maximum absolute atomic E-state index is 13.3. The Hall–Kier alpha value is -4.23. The van der Waals surface area contributed by atoms with Gasteiger partial charge in [-0.1, -0.05) is 77.9 Å². The monoisotopic (exact) mass is 949 g/mol. The quantitative estimate of drug-likeness (QED) is 0.0749. The molecule has 2 aromatic carbocycles. The van der Waals surface area contributed by atoms with Crippen LogP contribution in [0.15, 0.2) is 60.9 Å². The predicted octanol–water partition coefficient (Wildman–Crippen LogP) is 11.5. The van der Waals surface area contributed by atoms with Crippen LogP contribution in [-0.4, -0.2) is 115 Å². The van der Waals surface area contributed by atoms with Crippen LogP contribution in [0.25, 0.3) is 21.8 Å². The zero-order valence-corrected chi connectivity index (χ0v) is 44.7. The summed E-state index contributed by atoms with van der Waals surface area (Å²) in [6.45, 7) is 34.5. The van der Waals surface area contributed by atoms with E-state index in [2.05, 4.69) is 89.8 Å². The van der Waals surface area contributed by atoms with Gasteiger partial charge in [0.05, 0.1) is 30.2 Å². The first-order valence-corrected chi connectivity index (χ1v) is 29.5. The Morgan fingerprint density at radius 1 is 0.682 bits per heavy atom. The maximum Gasteiger partial charge on any atom is 0.410 e. The van der Waals surface area contributed by atoms with Crippen molar-refractivity contribution in [2.45, 2.75) is 180 Å². The largest absolute Gasteiger partial charge is 0.444 e. The number of hydrogen-bond acceptors (Lipinski definition) is 9. The fraction of sp³-hybridized carbons (Fsp3) is 0.640. The van der Waals surface area contributed by atoms with Crippen molar-refractivity contribution in [1.82, 2.24) is 19.8 Å². The summed E-state index contributed by atoms with van der Waals surface area (Å²) >= 11 is 0. The first-order chi connectivity index (χ1) is 30.4. The number of amides is 2. The summed E-state index contributed by atoms with van der Waals surface area (Å²) in [4.78, 5) is 48.3. The average molecular weight is 949 g/mol.